The van der Waals surface area contributed by atoms with E-state index in [1.54, 1.807) is 12.1 Å². The maximum absolute atomic E-state index is 10.3. The molecule has 1 aromatic carbocycles. The third-order valence-electron chi connectivity index (χ3n) is 1.35. The van der Waals surface area contributed by atoms with Crippen LogP contribution < -0.4 is 4.72 Å². The number of anilines is 1. The third-order valence-corrected chi connectivity index (χ3v) is 1.74. The molecule has 3 N–H and O–H groups in total. The number of hydrogen-bond donors (Lipinski definition) is 3. The van der Waals surface area contributed by atoms with Crippen LogP contribution >= 0.6 is 0 Å². The summed E-state index contributed by atoms with van der Waals surface area (Å²) in [7, 11) is 0. The highest BCUT2D eigenvalue weighted by Crippen LogP contribution is 2.23. The topological polar surface area (TPSA) is 69.6 Å². The van der Waals surface area contributed by atoms with Crippen LogP contribution in [0.15, 0.2) is 18.2 Å². The van der Waals surface area contributed by atoms with Gasteiger partial charge in [-0.1, -0.05) is 6.07 Å². The minimum Gasteiger partial charge on any atom is -0.506 e. The van der Waals surface area contributed by atoms with E-state index < -0.39 is 11.3 Å². The number of nitrogens with one attached hydrogen (secondary N) is 1. The number of rotatable bonds is 2. The largest absolute Gasteiger partial charge is 0.506 e. The highest BCUT2D eigenvalue weighted by atomic mass is 32.2. The van der Waals surface area contributed by atoms with Gasteiger partial charge in [-0.15, -0.1) is 0 Å². The van der Waals surface area contributed by atoms with Crippen molar-refractivity contribution in [1.29, 1.82) is 0 Å². The number of phenols is 1. The van der Waals surface area contributed by atoms with E-state index in [4.69, 9.17) is 4.55 Å². The molecule has 1 atom stereocenters. The predicted molar refractivity (Wildman–Crippen MR) is 47.2 cm³/mol. The molecule has 12 heavy (non-hydrogen) atoms. The summed E-state index contributed by atoms with van der Waals surface area (Å²) in [5, 5.41) is 9.18. The Balaban J connectivity index is 2.97. The maximum atomic E-state index is 10.3. The van der Waals surface area contributed by atoms with Gasteiger partial charge in [0.05, 0.1) is 5.69 Å². The Hall–Kier alpha value is -1.07. The molecule has 1 unspecified atom stereocenters. The number of hydrogen-bond acceptors (Lipinski definition) is 2. The SMILES string of the molecule is Cc1ccc(O)c(NS(=O)O)c1. The normalized spacial score (nSPS) is 12.5. The van der Waals surface area contributed by atoms with E-state index in [2.05, 4.69) is 4.72 Å². The van der Waals surface area contributed by atoms with Gasteiger partial charge in [0.2, 0.25) is 0 Å². The van der Waals surface area contributed by atoms with Crippen LogP contribution in [-0.4, -0.2) is 13.9 Å². The van der Waals surface area contributed by atoms with Crippen LogP contribution in [0.4, 0.5) is 5.69 Å². The summed E-state index contributed by atoms with van der Waals surface area (Å²) >= 11 is -2.15. The van der Waals surface area contributed by atoms with Gasteiger partial charge >= 0.3 is 0 Å². The van der Waals surface area contributed by atoms with Crippen LogP contribution in [0.2, 0.25) is 0 Å². The fourth-order valence-electron chi connectivity index (χ4n) is 0.826. The van der Waals surface area contributed by atoms with Gasteiger partial charge in [0.25, 0.3) is 11.3 Å². The first-order chi connectivity index (χ1) is 5.59. The molecule has 0 aliphatic heterocycles. The average molecular weight is 187 g/mol. The summed E-state index contributed by atoms with van der Waals surface area (Å²) in [6, 6.07) is 4.76. The molecule has 0 radical (unpaired) electrons. The van der Waals surface area contributed by atoms with Crippen molar-refractivity contribution in [3.63, 3.8) is 0 Å². The van der Waals surface area contributed by atoms with Gasteiger partial charge in [-0.05, 0) is 24.6 Å². The molecule has 5 heteroatoms. The molecule has 0 amide bonds. The van der Waals surface area contributed by atoms with Gasteiger partial charge in [-0.25, -0.2) is 4.21 Å². The van der Waals surface area contributed by atoms with Gasteiger partial charge in [-0.3, -0.25) is 9.27 Å². The Labute approximate surface area is 72.7 Å². The lowest BCUT2D eigenvalue weighted by Gasteiger charge is -2.04. The summed E-state index contributed by atoms with van der Waals surface area (Å²) in [5.41, 5.74) is 1.16. The molecule has 1 rings (SSSR count). The van der Waals surface area contributed by atoms with Crippen LogP contribution in [-0.2, 0) is 11.3 Å². The molecule has 0 heterocycles. The van der Waals surface area contributed by atoms with Crippen LogP contribution in [0.3, 0.4) is 0 Å². The van der Waals surface area contributed by atoms with Gasteiger partial charge in [0.15, 0.2) is 0 Å². The lowest BCUT2D eigenvalue weighted by molar-refractivity contribution is 0.477. The zero-order valence-corrected chi connectivity index (χ0v) is 7.26. The smallest absolute Gasteiger partial charge is 0.259 e. The molecular weight excluding hydrogens is 178 g/mol. The van der Waals surface area contributed by atoms with Crippen LogP contribution in [0.5, 0.6) is 5.75 Å². The zero-order valence-electron chi connectivity index (χ0n) is 6.44. The number of aryl methyl sites for hydroxylation is 1. The lowest BCUT2D eigenvalue weighted by atomic mass is 10.2. The van der Waals surface area contributed by atoms with Gasteiger partial charge in [0, 0.05) is 0 Å². The molecule has 0 aliphatic carbocycles. The molecule has 0 bridgehead atoms. The summed E-state index contributed by atoms with van der Waals surface area (Å²) in [5.74, 6) is -0.0389. The number of aromatic hydroxyl groups is 1. The van der Waals surface area contributed by atoms with E-state index in [9.17, 15) is 9.32 Å². The molecule has 66 valence electrons. The van der Waals surface area contributed by atoms with E-state index in [-0.39, 0.29) is 11.4 Å². The molecule has 0 spiro atoms. The van der Waals surface area contributed by atoms with E-state index in [1.807, 2.05) is 6.92 Å². The fraction of sp³-hybridized carbons (Fsp3) is 0.143. The van der Waals surface area contributed by atoms with Gasteiger partial charge < -0.3 is 5.11 Å². The first kappa shape index (κ1) is 9.02. The monoisotopic (exact) mass is 187 g/mol. The average Bonchev–Trinajstić information content (AvgIpc) is 1.96. The van der Waals surface area contributed by atoms with Crippen molar-refractivity contribution in [3.8, 4) is 5.75 Å². The van der Waals surface area contributed by atoms with Gasteiger partial charge in [-0.2, -0.15) is 0 Å². The number of phenolic OH excluding ortho intramolecular Hbond substituents is 1. The molecule has 0 aliphatic rings. The van der Waals surface area contributed by atoms with Crippen molar-refractivity contribution in [2.75, 3.05) is 4.72 Å². The summed E-state index contributed by atoms with van der Waals surface area (Å²) in [6.07, 6.45) is 0. The van der Waals surface area contributed by atoms with Crippen molar-refractivity contribution in [2.45, 2.75) is 6.92 Å². The zero-order chi connectivity index (χ0) is 9.14. The second-order valence-electron chi connectivity index (χ2n) is 2.37. The molecular formula is C7H9NO3S. The molecule has 0 saturated heterocycles. The second-order valence-corrected chi connectivity index (χ2v) is 3.07. The Morgan fingerprint density at radius 3 is 2.75 bits per heavy atom. The molecule has 1 aromatic rings. The first-order valence-electron chi connectivity index (χ1n) is 3.27. The van der Waals surface area contributed by atoms with Crippen LogP contribution in [0, 0.1) is 6.92 Å². The van der Waals surface area contributed by atoms with E-state index in [0.717, 1.165) is 5.56 Å². The Morgan fingerprint density at radius 1 is 1.50 bits per heavy atom. The van der Waals surface area contributed by atoms with E-state index >= 15 is 0 Å². The minimum atomic E-state index is -2.15. The fourth-order valence-corrected chi connectivity index (χ4v) is 1.18. The molecule has 4 nitrogen and oxygen atoms in total. The van der Waals surface area contributed by atoms with Crippen molar-refractivity contribution in [2.24, 2.45) is 0 Å². The molecule has 0 fully saturated rings. The highest BCUT2D eigenvalue weighted by Gasteiger charge is 2.01. The summed E-state index contributed by atoms with van der Waals surface area (Å²) in [4.78, 5) is 0. The first-order valence-corrected chi connectivity index (χ1v) is 4.37. The van der Waals surface area contributed by atoms with Gasteiger partial charge in [0.1, 0.15) is 5.75 Å². The van der Waals surface area contributed by atoms with E-state index in [0.29, 0.717) is 0 Å². The summed E-state index contributed by atoms with van der Waals surface area (Å²) in [6.45, 7) is 1.82. The van der Waals surface area contributed by atoms with Crippen LogP contribution in [0.1, 0.15) is 5.56 Å². The van der Waals surface area contributed by atoms with Crippen LogP contribution in [0.25, 0.3) is 0 Å². The summed E-state index contributed by atoms with van der Waals surface area (Å²) < 4.78 is 21.0. The standard InChI is InChI=1S/C7H9NO3S/c1-5-2-3-7(9)6(4-5)8-12(10)11/h2-4,8-9H,1H3,(H,10,11). The highest BCUT2D eigenvalue weighted by molar-refractivity contribution is 7.80. The van der Waals surface area contributed by atoms with Crippen molar-refractivity contribution < 1.29 is 13.9 Å². The quantitative estimate of drug-likeness (QED) is 0.482. The maximum Gasteiger partial charge on any atom is 0.259 e. The third kappa shape index (κ3) is 2.21. The number of benzene rings is 1. The van der Waals surface area contributed by atoms with E-state index in [1.165, 1.54) is 6.07 Å². The van der Waals surface area contributed by atoms with Crippen molar-refractivity contribution in [3.05, 3.63) is 23.8 Å². The molecule has 0 saturated carbocycles. The molecule has 0 aromatic heterocycles. The minimum absolute atomic E-state index is 0.0389. The Kier molecular flexibility index (Phi) is 2.67. The Bertz CT molecular complexity index is 314. The second kappa shape index (κ2) is 3.55. The van der Waals surface area contributed by atoms with Crippen molar-refractivity contribution in [1.82, 2.24) is 0 Å². The predicted octanol–water partition coefficient (Wildman–Crippen LogP) is 1.25. The lowest BCUT2D eigenvalue weighted by Crippen LogP contribution is -2.01. The Morgan fingerprint density at radius 2 is 2.17 bits per heavy atom. The van der Waals surface area contributed by atoms with Crippen molar-refractivity contribution >= 4 is 17.0 Å².